The highest BCUT2D eigenvalue weighted by Gasteiger charge is 2.07. The molecule has 1 aromatic carbocycles. The van der Waals surface area contributed by atoms with Crippen LogP contribution < -0.4 is 15.4 Å². The number of ether oxygens (including phenoxy) is 1. The second kappa shape index (κ2) is 9.12. The molecule has 3 N–H and O–H groups in total. The number of aromatic nitrogens is 1. The van der Waals surface area contributed by atoms with Gasteiger partial charge in [0.2, 0.25) is 0 Å². The van der Waals surface area contributed by atoms with Crippen LogP contribution >= 0.6 is 11.3 Å². The molecule has 0 aliphatic rings. The maximum absolute atomic E-state index is 10.1. The van der Waals surface area contributed by atoms with Crippen molar-refractivity contribution in [1.82, 2.24) is 15.6 Å². The number of hydrogen-bond acceptors (Lipinski definition) is 5. The van der Waals surface area contributed by atoms with Gasteiger partial charge in [0.25, 0.3) is 0 Å². The Morgan fingerprint density at radius 1 is 1.38 bits per heavy atom. The van der Waals surface area contributed by atoms with E-state index in [-0.39, 0.29) is 5.75 Å². The van der Waals surface area contributed by atoms with E-state index in [1.165, 1.54) is 12.0 Å². The molecule has 24 heavy (non-hydrogen) atoms. The smallest absolute Gasteiger partial charge is 0.191 e. The fourth-order valence-electron chi connectivity index (χ4n) is 2.17. The fourth-order valence-corrected chi connectivity index (χ4v) is 2.96. The number of aromatic hydroxyl groups is 1. The van der Waals surface area contributed by atoms with Crippen molar-refractivity contribution in [3.63, 3.8) is 0 Å². The number of guanidine groups is 1. The van der Waals surface area contributed by atoms with E-state index < -0.39 is 0 Å². The summed E-state index contributed by atoms with van der Waals surface area (Å²) in [5.41, 5.74) is 0.724. The van der Waals surface area contributed by atoms with Crippen molar-refractivity contribution in [2.24, 2.45) is 4.99 Å². The molecule has 2 aromatic rings. The summed E-state index contributed by atoms with van der Waals surface area (Å²) in [6.07, 6.45) is 2.75. The van der Waals surface area contributed by atoms with E-state index >= 15 is 0 Å². The van der Waals surface area contributed by atoms with Crippen molar-refractivity contribution in [3.8, 4) is 11.5 Å². The number of thiazole rings is 1. The highest BCUT2D eigenvalue weighted by Crippen LogP contribution is 2.29. The summed E-state index contributed by atoms with van der Waals surface area (Å²) in [4.78, 5) is 10.1. The van der Waals surface area contributed by atoms with Gasteiger partial charge in [0.15, 0.2) is 17.5 Å². The van der Waals surface area contributed by atoms with Gasteiger partial charge in [-0.15, -0.1) is 11.3 Å². The number of para-hydroxylation sites is 1. The molecule has 0 fully saturated rings. The fraction of sp³-hybridized carbons (Fsp3) is 0.412. The molecule has 0 amide bonds. The van der Waals surface area contributed by atoms with Crippen LogP contribution in [0.15, 0.2) is 29.4 Å². The second-order valence-corrected chi connectivity index (χ2v) is 6.52. The first kappa shape index (κ1) is 18.1. The van der Waals surface area contributed by atoms with Crippen LogP contribution in [0.2, 0.25) is 0 Å². The van der Waals surface area contributed by atoms with E-state index in [0.717, 1.165) is 30.1 Å². The molecule has 130 valence electrons. The number of aryl methyl sites for hydroxylation is 1. The predicted octanol–water partition coefficient (Wildman–Crippen LogP) is 2.46. The van der Waals surface area contributed by atoms with E-state index in [1.54, 1.807) is 17.4 Å². The summed E-state index contributed by atoms with van der Waals surface area (Å²) in [5, 5.41) is 17.7. The predicted molar refractivity (Wildman–Crippen MR) is 98.0 cm³/mol. The lowest BCUT2D eigenvalue weighted by Gasteiger charge is -2.11. The van der Waals surface area contributed by atoms with Gasteiger partial charge in [-0.2, -0.15) is 0 Å². The summed E-state index contributed by atoms with van der Waals surface area (Å²) in [5.74, 6) is 1.31. The van der Waals surface area contributed by atoms with Gasteiger partial charge < -0.3 is 20.5 Å². The number of hydrogen-bond donors (Lipinski definition) is 3. The largest absolute Gasteiger partial charge is 0.504 e. The lowest BCUT2D eigenvalue weighted by Crippen LogP contribution is -2.38. The number of methoxy groups -OCH3 is 1. The van der Waals surface area contributed by atoms with Gasteiger partial charge >= 0.3 is 0 Å². The van der Waals surface area contributed by atoms with E-state index in [9.17, 15) is 5.11 Å². The molecule has 6 nitrogen and oxygen atoms in total. The number of nitrogens with zero attached hydrogens (tertiary/aromatic N) is 2. The Morgan fingerprint density at radius 2 is 2.21 bits per heavy atom. The number of phenolic OH excluding ortho intramolecular Hbond substituents is 1. The highest BCUT2D eigenvalue weighted by atomic mass is 32.1. The minimum absolute atomic E-state index is 0.137. The number of phenols is 1. The maximum Gasteiger partial charge on any atom is 0.191 e. The second-order valence-electron chi connectivity index (χ2n) is 5.20. The standard InChI is InChI=1S/C17H24N4O2S/c1-4-18-17(19-9-8-15-20-10-12(2)24-15)21-11-13-6-5-7-14(23-3)16(13)22/h5-7,10,22H,4,8-9,11H2,1-3H3,(H2,18,19,21). The molecule has 0 radical (unpaired) electrons. The first-order valence-electron chi connectivity index (χ1n) is 7.92. The average molecular weight is 348 g/mol. The Bertz CT molecular complexity index is 685. The third kappa shape index (κ3) is 5.13. The van der Waals surface area contributed by atoms with Gasteiger partial charge in [-0.3, -0.25) is 0 Å². The van der Waals surface area contributed by atoms with Gasteiger partial charge in [0.05, 0.1) is 18.7 Å². The summed E-state index contributed by atoms with van der Waals surface area (Å²) < 4.78 is 5.12. The van der Waals surface area contributed by atoms with Gasteiger partial charge in [0.1, 0.15) is 0 Å². The van der Waals surface area contributed by atoms with Crippen LogP contribution in [0.25, 0.3) is 0 Å². The van der Waals surface area contributed by atoms with Crippen molar-refractivity contribution in [1.29, 1.82) is 0 Å². The van der Waals surface area contributed by atoms with E-state index in [1.807, 2.05) is 25.3 Å². The zero-order chi connectivity index (χ0) is 17.4. The molecular formula is C17H24N4O2S. The minimum atomic E-state index is 0.137. The number of aliphatic imine (C=N–C) groups is 1. The van der Waals surface area contributed by atoms with Gasteiger partial charge in [-0.1, -0.05) is 12.1 Å². The van der Waals surface area contributed by atoms with Crippen LogP contribution in [0.5, 0.6) is 11.5 Å². The molecule has 1 heterocycles. The number of rotatable bonds is 7. The first-order chi connectivity index (χ1) is 11.6. The lowest BCUT2D eigenvalue weighted by molar-refractivity contribution is 0.370. The molecule has 2 rings (SSSR count). The Balaban J connectivity index is 1.95. The number of benzene rings is 1. The first-order valence-corrected chi connectivity index (χ1v) is 8.74. The van der Waals surface area contributed by atoms with Gasteiger partial charge in [0, 0.05) is 36.1 Å². The van der Waals surface area contributed by atoms with Crippen LogP contribution in [0.3, 0.4) is 0 Å². The van der Waals surface area contributed by atoms with Crippen LogP contribution in [-0.2, 0) is 13.0 Å². The van der Waals surface area contributed by atoms with Crippen molar-refractivity contribution in [3.05, 3.63) is 39.8 Å². The Labute approximate surface area is 146 Å². The van der Waals surface area contributed by atoms with Crippen molar-refractivity contribution in [2.75, 3.05) is 20.2 Å². The van der Waals surface area contributed by atoms with E-state index in [2.05, 4.69) is 27.5 Å². The third-order valence-electron chi connectivity index (χ3n) is 3.35. The molecular weight excluding hydrogens is 324 g/mol. The SMILES string of the molecule is CCNC(=NCc1cccc(OC)c1O)NCCc1ncc(C)s1. The molecule has 0 atom stereocenters. The topological polar surface area (TPSA) is 78.8 Å². The zero-order valence-corrected chi connectivity index (χ0v) is 15.1. The Hall–Kier alpha value is -2.28. The molecule has 0 spiro atoms. The maximum atomic E-state index is 10.1. The van der Waals surface area contributed by atoms with Crippen LogP contribution in [-0.4, -0.2) is 36.2 Å². The molecule has 0 bridgehead atoms. The van der Waals surface area contributed by atoms with E-state index in [0.29, 0.717) is 18.3 Å². The van der Waals surface area contributed by atoms with Gasteiger partial charge in [-0.25, -0.2) is 9.98 Å². The third-order valence-corrected chi connectivity index (χ3v) is 4.33. The molecule has 0 saturated carbocycles. The molecule has 0 aliphatic carbocycles. The van der Waals surface area contributed by atoms with E-state index in [4.69, 9.17) is 4.74 Å². The van der Waals surface area contributed by atoms with Crippen LogP contribution in [0.4, 0.5) is 0 Å². The minimum Gasteiger partial charge on any atom is -0.504 e. The van der Waals surface area contributed by atoms with Crippen molar-refractivity contribution in [2.45, 2.75) is 26.8 Å². The van der Waals surface area contributed by atoms with Crippen LogP contribution in [0.1, 0.15) is 22.4 Å². The quantitative estimate of drug-likeness (QED) is 0.529. The summed E-state index contributed by atoms with van der Waals surface area (Å²) in [6.45, 7) is 5.97. The molecule has 1 aromatic heterocycles. The zero-order valence-electron chi connectivity index (χ0n) is 14.3. The summed E-state index contributed by atoms with van der Waals surface area (Å²) >= 11 is 1.71. The van der Waals surface area contributed by atoms with Crippen LogP contribution in [0, 0.1) is 6.92 Å². The molecule has 0 unspecified atom stereocenters. The van der Waals surface area contributed by atoms with Crippen molar-refractivity contribution < 1.29 is 9.84 Å². The normalized spacial score (nSPS) is 11.4. The lowest BCUT2D eigenvalue weighted by atomic mass is 10.2. The highest BCUT2D eigenvalue weighted by molar-refractivity contribution is 7.11. The Morgan fingerprint density at radius 3 is 2.88 bits per heavy atom. The monoisotopic (exact) mass is 348 g/mol. The Kier molecular flexibility index (Phi) is 6.87. The van der Waals surface area contributed by atoms with Crippen molar-refractivity contribution >= 4 is 17.3 Å². The summed E-state index contributed by atoms with van der Waals surface area (Å²) in [7, 11) is 1.54. The summed E-state index contributed by atoms with van der Waals surface area (Å²) in [6, 6.07) is 5.40. The van der Waals surface area contributed by atoms with Gasteiger partial charge in [-0.05, 0) is 19.9 Å². The molecule has 7 heteroatoms. The number of nitrogens with one attached hydrogen (secondary N) is 2. The average Bonchev–Trinajstić information content (AvgIpc) is 2.99. The molecule has 0 aliphatic heterocycles. The molecule has 0 saturated heterocycles.